The summed E-state index contributed by atoms with van der Waals surface area (Å²) in [5.74, 6) is -0.296. The average Bonchev–Trinajstić information content (AvgIpc) is 2.89. The smallest absolute Gasteiger partial charge is 0.226 e. The molecular formula is C15H18FN3OS. The number of carbonyl (C=O) groups excluding carboxylic acids is 1. The molecule has 112 valence electrons. The fourth-order valence-electron chi connectivity index (χ4n) is 1.90. The first-order valence-electron chi connectivity index (χ1n) is 7.04. The summed E-state index contributed by atoms with van der Waals surface area (Å²) < 4.78 is 13.6. The van der Waals surface area contributed by atoms with Gasteiger partial charge in [0.15, 0.2) is 0 Å². The molecule has 1 aromatic heterocycles. The van der Waals surface area contributed by atoms with Crippen LogP contribution in [0, 0.1) is 5.82 Å². The summed E-state index contributed by atoms with van der Waals surface area (Å²) in [4.78, 5) is 11.7. The monoisotopic (exact) mass is 307 g/mol. The molecule has 0 fully saturated rings. The first-order valence-corrected chi connectivity index (χ1v) is 7.86. The zero-order chi connectivity index (χ0) is 15.1. The van der Waals surface area contributed by atoms with Crippen molar-refractivity contribution in [1.82, 2.24) is 10.2 Å². The fraction of sp³-hybridized carbons (Fsp3) is 0.400. The van der Waals surface area contributed by atoms with Crippen molar-refractivity contribution in [2.24, 2.45) is 0 Å². The molecule has 1 amide bonds. The number of anilines is 1. The van der Waals surface area contributed by atoms with E-state index in [2.05, 4.69) is 22.4 Å². The van der Waals surface area contributed by atoms with Crippen LogP contribution in [0.2, 0.25) is 0 Å². The van der Waals surface area contributed by atoms with Gasteiger partial charge in [-0.05, 0) is 18.1 Å². The van der Waals surface area contributed by atoms with E-state index in [-0.39, 0.29) is 11.7 Å². The van der Waals surface area contributed by atoms with Gasteiger partial charge in [-0.15, -0.1) is 10.2 Å². The van der Waals surface area contributed by atoms with E-state index in [4.69, 9.17) is 0 Å². The maximum Gasteiger partial charge on any atom is 0.226 e. The lowest BCUT2D eigenvalue weighted by Crippen LogP contribution is -2.10. The van der Waals surface area contributed by atoms with Crippen LogP contribution in [0.1, 0.15) is 43.2 Å². The van der Waals surface area contributed by atoms with Gasteiger partial charge in [-0.25, -0.2) is 4.39 Å². The Bertz CT molecular complexity index is 600. The van der Waals surface area contributed by atoms with Gasteiger partial charge in [0.1, 0.15) is 10.8 Å². The van der Waals surface area contributed by atoms with Crippen molar-refractivity contribution in [2.75, 3.05) is 5.32 Å². The topological polar surface area (TPSA) is 54.9 Å². The van der Waals surface area contributed by atoms with Gasteiger partial charge >= 0.3 is 0 Å². The number of amides is 1. The highest BCUT2D eigenvalue weighted by atomic mass is 32.1. The van der Waals surface area contributed by atoms with E-state index >= 15 is 0 Å². The van der Waals surface area contributed by atoms with E-state index in [1.165, 1.54) is 17.4 Å². The Balaban J connectivity index is 1.89. The number of aromatic nitrogens is 2. The van der Waals surface area contributed by atoms with Crippen LogP contribution in [-0.4, -0.2) is 16.1 Å². The van der Waals surface area contributed by atoms with Gasteiger partial charge in [-0.3, -0.25) is 4.79 Å². The van der Waals surface area contributed by atoms with Crippen molar-refractivity contribution in [1.29, 1.82) is 0 Å². The molecule has 1 heterocycles. The number of nitrogens with one attached hydrogen (secondary N) is 1. The van der Waals surface area contributed by atoms with E-state index in [9.17, 15) is 9.18 Å². The molecule has 0 radical (unpaired) electrons. The Kier molecular flexibility index (Phi) is 5.80. The van der Waals surface area contributed by atoms with Gasteiger partial charge in [0, 0.05) is 12.8 Å². The third-order valence-corrected chi connectivity index (χ3v) is 3.86. The van der Waals surface area contributed by atoms with Crippen molar-refractivity contribution in [2.45, 2.75) is 39.0 Å². The fourth-order valence-corrected chi connectivity index (χ4v) is 2.68. The van der Waals surface area contributed by atoms with E-state index < -0.39 is 0 Å². The molecule has 0 spiro atoms. The van der Waals surface area contributed by atoms with Crippen molar-refractivity contribution < 1.29 is 9.18 Å². The quantitative estimate of drug-likeness (QED) is 0.792. The van der Waals surface area contributed by atoms with Crippen LogP contribution in [0.5, 0.6) is 0 Å². The summed E-state index contributed by atoms with van der Waals surface area (Å²) in [6, 6.07) is 6.59. The Labute approximate surface area is 127 Å². The summed E-state index contributed by atoms with van der Waals surface area (Å²) in [6.07, 6.45) is 3.89. The number of rotatable bonds is 7. The average molecular weight is 307 g/mol. The zero-order valence-electron chi connectivity index (χ0n) is 11.9. The number of nitrogens with zero attached hydrogens (tertiary/aromatic N) is 2. The molecule has 0 saturated heterocycles. The summed E-state index contributed by atoms with van der Waals surface area (Å²) in [5.41, 5.74) is 0.578. The summed E-state index contributed by atoms with van der Waals surface area (Å²) in [5, 5.41) is 11.8. The van der Waals surface area contributed by atoms with Gasteiger partial charge in [0.25, 0.3) is 0 Å². The molecular weight excluding hydrogens is 289 g/mol. The second-order valence-corrected chi connectivity index (χ2v) is 5.84. The van der Waals surface area contributed by atoms with E-state index in [0.717, 1.165) is 19.3 Å². The van der Waals surface area contributed by atoms with Gasteiger partial charge < -0.3 is 5.32 Å². The molecule has 2 rings (SSSR count). The van der Waals surface area contributed by atoms with Crippen LogP contribution in [0.4, 0.5) is 9.52 Å². The van der Waals surface area contributed by atoms with Gasteiger partial charge in [-0.1, -0.05) is 49.3 Å². The van der Waals surface area contributed by atoms with Gasteiger partial charge in [-0.2, -0.15) is 0 Å². The first-order chi connectivity index (χ1) is 10.2. The maximum absolute atomic E-state index is 13.6. The Morgan fingerprint density at radius 2 is 2.10 bits per heavy atom. The third kappa shape index (κ3) is 4.90. The standard InChI is InChI=1S/C15H18FN3OS/c1-2-3-4-9-13(20)17-15-19-18-14(21-15)10-11-7-5-6-8-12(11)16/h5-8H,2-4,9-10H2,1H3,(H,17,19,20). The van der Waals surface area contributed by atoms with Crippen LogP contribution in [0.15, 0.2) is 24.3 Å². The first kappa shape index (κ1) is 15.6. The van der Waals surface area contributed by atoms with E-state index in [1.54, 1.807) is 18.2 Å². The number of hydrogen-bond acceptors (Lipinski definition) is 4. The minimum Gasteiger partial charge on any atom is -0.301 e. The Morgan fingerprint density at radius 1 is 1.29 bits per heavy atom. The molecule has 0 aliphatic rings. The molecule has 0 bridgehead atoms. The molecule has 0 saturated carbocycles. The number of unbranched alkanes of at least 4 members (excludes halogenated alkanes) is 2. The molecule has 1 N–H and O–H groups in total. The minimum atomic E-state index is -0.252. The molecule has 4 nitrogen and oxygen atoms in total. The zero-order valence-corrected chi connectivity index (χ0v) is 12.8. The Morgan fingerprint density at radius 3 is 2.86 bits per heavy atom. The molecule has 0 atom stereocenters. The molecule has 0 unspecified atom stereocenters. The van der Waals surface area contributed by atoms with Crippen molar-refractivity contribution >= 4 is 22.4 Å². The molecule has 0 aliphatic carbocycles. The molecule has 2 aromatic rings. The maximum atomic E-state index is 13.6. The number of benzene rings is 1. The van der Waals surface area contributed by atoms with Crippen molar-refractivity contribution in [3.63, 3.8) is 0 Å². The van der Waals surface area contributed by atoms with E-state index in [1.807, 2.05) is 0 Å². The second-order valence-electron chi connectivity index (χ2n) is 4.77. The van der Waals surface area contributed by atoms with Crippen LogP contribution >= 0.6 is 11.3 Å². The highest BCUT2D eigenvalue weighted by molar-refractivity contribution is 7.15. The van der Waals surface area contributed by atoms with Gasteiger partial charge in [0.05, 0.1) is 0 Å². The number of halogens is 1. The lowest BCUT2D eigenvalue weighted by molar-refractivity contribution is -0.116. The molecule has 0 aliphatic heterocycles. The molecule has 1 aromatic carbocycles. The van der Waals surface area contributed by atoms with Gasteiger partial charge in [0.2, 0.25) is 11.0 Å². The third-order valence-electron chi connectivity index (χ3n) is 3.02. The van der Waals surface area contributed by atoms with Crippen LogP contribution in [0.25, 0.3) is 0 Å². The van der Waals surface area contributed by atoms with Crippen LogP contribution in [-0.2, 0) is 11.2 Å². The largest absolute Gasteiger partial charge is 0.301 e. The second kappa shape index (κ2) is 7.83. The van der Waals surface area contributed by atoms with Crippen molar-refractivity contribution in [3.8, 4) is 0 Å². The molecule has 6 heteroatoms. The minimum absolute atomic E-state index is 0.0444. The lowest BCUT2D eigenvalue weighted by atomic mass is 10.1. The van der Waals surface area contributed by atoms with Crippen molar-refractivity contribution in [3.05, 3.63) is 40.7 Å². The Hall–Kier alpha value is -1.82. The highest BCUT2D eigenvalue weighted by Crippen LogP contribution is 2.20. The summed E-state index contributed by atoms with van der Waals surface area (Å²) >= 11 is 1.28. The SMILES string of the molecule is CCCCCC(=O)Nc1nnc(Cc2ccccc2F)s1. The lowest BCUT2D eigenvalue weighted by Gasteiger charge is -2.00. The summed E-state index contributed by atoms with van der Waals surface area (Å²) in [6.45, 7) is 2.09. The normalized spacial score (nSPS) is 10.6. The predicted octanol–water partition coefficient (Wildman–Crippen LogP) is 3.79. The number of carbonyl (C=O) groups is 1. The molecule has 21 heavy (non-hydrogen) atoms. The van der Waals surface area contributed by atoms with Crippen LogP contribution in [0.3, 0.4) is 0 Å². The highest BCUT2D eigenvalue weighted by Gasteiger charge is 2.10. The van der Waals surface area contributed by atoms with E-state index in [0.29, 0.717) is 28.5 Å². The van der Waals surface area contributed by atoms with Crippen LogP contribution < -0.4 is 5.32 Å². The predicted molar refractivity (Wildman–Crippen MR) is 81.9 cm³/mol. The number of hydrogen-bond donors (Lipinski definition) is 1. The summed E-state index contributed by atoms with van der Waals surface area (Å²) in [7, 11) is 0.